The molecule has 5 heteroatoms. The first-order chi connectivity index (χ1) is 4.95. The van der Waals surface area contributed by atoms with E-state index in [1.165, 1.54) is 13.8 Å². The molecule has 0 aliphatic rings. The van der Waals surface area contributed by atoms with Gasteiger partial charge >= 0.3 is 5.97 Å². The summed E-state index contributed by atoms with van der Waals surface area (Å²) < 4.78 is 0. The van der Waals surface area contributed by atoms with Gasteiger partial charge in [0.15, 0.2) is 6.29 Å². The number of nitrogens with one attached hydrogen (secondary N) is 1. The van der Waals surface area contributed by atoms with Crippen molar-refractivity contribution in [2.75, 3.05) is 0 Å². The van der Waals surface area contributed by atoms with Crippen LogP contribution in [0.3, 0.4) is 0 Å². The summed E-state index contributed by atoms with van der Waals surface area (Å²) in [5.74, 6) is -1.02. The highest BCUT2D eigenvalue weighted by atomic mass is 16.5. The van der Waals surface area contributed by atoms with E-state index in [9.17, 15) is 4.79 Å². The minimum atomic E-state index is -1.53. The zero-order chi connectivity index (χ0) is 9.02. The standard InChI is InChI=1S/C6H13NO4/c1-3(5(8)9)7-4(2)6(10)11/h3-5,7-9H,1-2H3,(H,10,11)/t3-,4-/m1/s1. The van der Waals surface area contributed by atoms with Crippen LogP contribution in [-0.2, 0) is 4.79 Å². The molecule has 66 valence electrons. The van der Waals surface area contributed by atoms with Crippen LogP contribution in [0.4, 0.5) is 0 Å². The quantitative estimate of drug-likeness (QED) is 0.389. The van der Waals surface area contributed by atoms with E-state index in [-0.39, 0.29) is 0 Å². The van der Waals surface area contributed by atoms with E-state index in [0.717, 1.165) is 0 Å². The van der Waals surface area contributed by atoms with Crippen LogP contribution in [0, 0.1) is 0 Å². The van der Waals surface area contributed by atoms with E-state index in [2.05, 4.69) is 5.32 Å². The molecule has 0 fully saturated rings. The zero-order valence-corrected chi connectivity index (χ0v) is 6.48. The summed E-state index contributed by atoms with van der Waals surface area (Å²) >= 11 is 0. The third-order valence-corrected chi connectivity index (χ3v) is 1.33. The SMILES string of the molecule is C[C@@H](N[C@H](C)C(O)O)C(=O)O. The fourth-order valence-electron chi connectivity index (χ4n) is 0.552. The lowest BCUT2D eigenvalue weighted by atomic mass is 10.2. The first-order valence-corrected chi connectivity index (χ1v) is 3.30. The van der Waals surface area contributed by atoms with Crippen molar-refractivity contribution >= 4 is 5.97 Å². The van der Waals surface area contributed by atoms with Gasteiger partial charge in [-0.1, -0.05) is 0 Å². The van der Waals surface area contributed by atoms with Gasteiger partial charge in [-0.15, -0.1) is 0 Å². The highest BCUT2D eigenvalue weighted by Gasteiger charge is 2.17. The molecule has 0 amide bonds. The summed E-state index contributed by atoms with van der Waals surface area (Å²) in [4.78, 5) is 10.2. The van der Waals surface area contributed by atoms with E-state index < -0.39 is 24.3 Å². The van der Waals surface area contributed by atoms with Crippen molar-refractivity contribution in [1.29, 1.82) is 0 Å². The molecule has 0 saturated heterocycles. The third kappa shape index (κ3) is 3.92. The molecule has 0 rings (SSSR count). The van der Waals surface area contributed by atoms with Gasteiger partial charge in [0.1, 0.15) is 6.04 Å². The number of aliphatic carboxylic acids is 1. The number of hydrogen-bond donors (Lipinski definition) is 4. The van der Waals surface area contributed by atoms with Crippen LogP contribution in [0.25, 0.3) is 0 Å². The molecule has 0 heterocycles. The average molecular weight is 163 g/mol. The Hall–Kier alpha value is -0.650. The number of carbonyl (C=O) groups is 1. The van der Waals surface area contributed by atoms with Crippen molar-refractivity contribution in [3.05, 3.63) is 0 Å². The molecule has 0 radical (unpaired) electrons. The lowest BCUT2D eigenvalue weighted by molar-refractivity contribution is -0.140. The van der Waals surface area contributed by atoms with Crippen LogP contribution in [-0.4, -0.2) is 39.7 Å². The Morgan fingerprint density at radius 2 is 1.82 bits per heavy atom. The number of aliphatic hydroxyl groups is 2. The van der Waals surface area contributed by atoms with E-state index in [0.29, 0.717) is 0 Å². The Balaban J connectivity index is 3.75. The van der Waals surface area contributed by atoms with Crippen LogP contribution < -0.4 is 5.32 Å². The molecule has 11 heavy (non-hydrogen) atoms. The number of carboxylic acids is 1. The summed E-state index contributed by atoms with van der Waals surface area (Å²) in [6, 6.07) is -1.41. The van der Waals surface area contributed by atoms with E-state index in [1.54, 1.807) is 0 Å². The summed E-state index contributed by atoms with van der Waals surface area (Å²) in [6.45, 7) is 2.92. The maximum absolute atomic E-state index is 10.2. The third-order valence-electron chi connectivity index (χ3n) is 1.33. The van der Waals surface area contributed by atoms with Gasteiger partial charge in [-0.25, -0.2) is 0 Å². The number of rotatable bonds is 4. The van der Waals surface area contributed by atoms with Gasteiger partial charge in [0.2, 0.25) is 0 Å². The number of carboxylic acid groups (broad SMARTS) is 1. The minimum Gasteiger partial charge on any atom is -0.480 e. The maximum Gasteiger partial charge on any atom is 0.320 e. The van der Waals surface area contributed by atoms with Crippen LogP contribution in [0.5, 0.6) is 0 Å². The largest absolute Gasteiger partial charge is 0.480 e. The van der Waals surface area contributed by atoms with E-state index >= 15 is 0 Å². The smallest absolute Gasteiger partial charge is 0.320 e. The molecule has 0 aromatic carbocycles. The van der Waals surface area contributed by atoms with Crippen molar-refractivity contribution in [3.63, 3.8) is 0 Å². The summed E-state index contributed by atoms with van der Waals surface area (Å²) in [5.41, 5.74) is 0. The molecular weight excluding hydrogens is 150 g/mol. The van der Waals surface area contributed by atoms with Gasteiger partial charge in [0.05, 0.1) is 6.04 Å². The molecule has 0 unspecified atom stereocenters. The van der Waals surface area contributed by atoms with Crippen LogP contribution >= 0.6 is 0 Å². The monoisotopic (exact) mass is 163 g/mol. The Morgan fingerprint density at radius 1 is 1.36 bits per heavy atom. The van der Waals surface area contributed by atoms with Gasteiger partial charge in [-0.3, -0.25) is 10.1 Å². The molecule has 0 aromatic heterocycles. The van der Waals surface area contributed by atoms with Gasteiger partial charge < -0.3 is 15.3 Å². The number of aliphatic hydroxyl groups excluding tert-OH is 1. The second-order valence-electron chi connectivity index (χ2n) is 2.43. The lowest BCUT2D eigenvalue weighted by Gasteiger charge is -2.17. The summed E-state index contributed by atoms with van der Waals surface area (Å²) in [5, 5.41) is 28.0. The van der Waals surface area contributed by atoms with E-state index in [1.807, 2.05) is 0 Å². The first-order valence-electron chi connectivity index (χ1n) is 3.30. The Bertz CT molecular complexity index is 137. The summed E-state index contributed by atoms with van der Waals surface area (Å²) in [7, 11) is 0. The maximum atomic E-state index is 10.2. The van der Waals surface area contributed by atoms with Crippen molar-refractivity contribution in [2.24, 2.45) is 0 Å². The molecule has 0 aromatic rings. The highest BCUT2D eigenvalue weighted by molar-refractivity contribution is 5.72. The number of hydrogen-bond acceptors (Lipinski definition) is 4. The van der Waals surface area contributed by atoms with Gasteiger partial charge in [-0.2, -0.15) is 0 Å². The van der Waals surface area contributed by atoms with Crippen LogP contribution in [0.1, 0.15) is 13.8 Å². The minimum absolute atomic E-state index is 0.638. The van der Waals surface area contributed by atoms with Gasteiger partial charge in [-0.05, 0) is 13.8 Å². The fourth-order valence-corrected chi connectivity index (χ4v) is 0.552. The molecule has 4 N–H and O–H groups in total. The topological polar surface area (TPSA) is 89.8 Å². The Labute approximate surface area is 64.7 Å². The average Bonchev–Trinajstić information content (AvgIpc) is 1.87. The summed E-state index contributed by atoms with van der Waals surface area (Å²) in [6.07, 6.45) is -1.53. The predicted octanol–water partition coefficient (Wildman–Crippen LogP) is -1.25. The molecular formula is C6H13NO4. The molecule has 0 spiro atoms. The molecule has 0 bridgehead atoms. The molecule has 5 nitrogen and oxygen atoms in total. The Morgan fingerprint density at radius 3 is 2.09 bits per heavy atom. The highest BCUT2D eigenvalue weighted by Crippen LogP contribution is 1.90. The molecule has 0 saturated carbocycles. The van der Waals surface area contributed by atoms with Crippen LogP contribution in [0.15, 0.2) is 0 Å². The van der Waals surface area contributed by atoms with Crippen LogP contribution in [0.2, 0.25) is 0 Å². The van der Waals surface area contributed by atoms with Gasteiger partial charge in [0, 0.05) is 0 Å². The van der Waals surface area contributed by atoms with Gasteiger partial charge in [0.25, 0.3) is 0 Å². The molecule has 0 aliphatic heterocycles. The second-order valence-corrected chi connectivity index (χ2v) is 2.43. The van der Waals surface area contributed by atoms with Crippen molar-refractivity contribution in [2.45, 2.75) is 32.2 Å². The van der Waals surface area contributed by atoms with Crippen molar-refractivity contribution in [3.8, 4) is 0 Å². The molecule has 2 atom stereocenters. The van der Waals surface area contributed by atoms with E-state index in [4.69, 9.17) is 15.3 Å². The Kier molecular flexibility index (Phi) is 4.02. The van der Waals surface area contributed by atoms with Crippen molar-refractivity contribution in [1.82, 2.24) is 5.32 Å². The second kappa shape index (κ2) is 4.27. The first kappa shape index (κ1) is 10.3. The molecule has 0 aliphatic carbocycles. The predicted molar refractivity (Wildman–Crippen MR) is 37.9 cm³/mol. The zero-order valence-electron chi connectivity index (χ0n) is 6.48. The normalized spacial score (nSPS) is 16.5. The lowest BCUT2D eigenvalue weighted by Crippen LogP contribution is -2.45. The fraction of sp³-hybridized carbons (Fsp3) is 0.833. The van der Waals surface area contributed by atoms with Crippen molar-refractivity contribution < 1.29 is 20.1 Å².